The summed E-state index contributed by atoms with van der Waals surface area (Å²) in [5.41, 5.74) is 0.313. The number of hydrogen-bond acceptors (Lipinski definition) is 5. The Hall–Kier alpha value is -3.88. The maximum Gasteiger partial charge on any atom is 0.325 e. The molecular formula is C22H22N4O5. The largest absolute Gasteiger partial charge is 0.493 e. The van der Waals surface area contributed by atoms with Crippen molar-refractivity contribution in [2.24, 2.45) is 0 Å². The summed E-state index contributed by atoms with van der Waals surface area (Å²) in [6, 6.07) is 15.1. The van der Waals surface area contributed by atoms with E-state index in [0.29, 0.717) is 24.3 Å². The number of carbonyl (C=O) groups is 4. The van der Waals surface area contributed by atoms with E-state index in [2.05, 4.69) is 16.0 Å². The van der Waals surface area contributed by atoms with Gasteiger partial charge in [-0.3, -0.25) is 19.8 Å². The van der Waals surface area contributed by atoms with Gasteiger partial charge in [0.15, 0.2) is 5.54 Å². The van der Waals surface area contributed by atoms with Crippen LogP contribution in [0.15, 0.2) is 54.6 Å². The number of urea groups is 2. The Morgan fingerprint density at radius 2 is 1.81 bits per heavy atom. The minimum absolute atomic E-state index is 0.132. The van der Waals surface area contributed by atoms with Crippen LogP contribution >= 0.6 is 0 Å². The predicted molar refractivity (Wildman–Crippen MR) is 110 cm³/mol. The zero-order valence-corrected chi connectivity index (χ0v) is 16.7. The van der Waals surface area contributed by atoms with Crippen LogP contribution in [-0.2, 0) is 21.7 Å². The van der Waals surface area contributed by atoms with Crippen LogP contribution in [0.3, 0.4) is 0 Å². The molecule has 0 saturated carbocycles. The third-order valence-corrected chi connectivity index (χ3v) is 5.37. The molecule has 2 aliphatic heterocycles. The molecule has 31 heavy (non-hydrogen) atoms. The lowest BCUT2D eigenvalue weighted by molar-refractivity contribution is -0.133. The van der Waals surface area contributed by atoms with Gasteiger partial charge in [0.1, 0.15) is 5.75 Å². The molecule has 1 saturated heterocycles. The van der Waals surface area contributed by atoms with Crippen LogP contribution in [0.2, 0.25) is 0 Å². The zero-order valence-electron chi connectivity index (χ0n) is 16.7. The van der Waals surface area contributed by atoms with Crippen molar-refractivity contribution in [3.63, 3.8) is 0 Å². The van der Waals surface area contributed by atoms with E-state index in [4.69, 9.17) is 4.74 Å². The number of imide groups is 2. The first-order valence-corrected chi connectivity index (χ1v) is 9.97. The van der Waals surface area contributed by atoms with Crippen LogP contribution in [0, 0.1) is 0 Å². The molecule has 0 aliphatic carbocycles. The molecule has 1 fully saturated rings. The molecule has 6 amide bonds. The molecule has 0 bridgehead atoms. The summed E-state index contributed by atoms with van der Waals surface area (Å²) < 4.78 is 5.60. The number of rotatable bonds is 5. The smallest absolute Gasteiger partial charge is 0.325 e. The highest BCUT2D eigenvalue weighted by Crippen LogP contribution is 2.40. The number of amides is 6. The lowest BCUT2D eigenvalue weighted by Crippen LogP contribution is -2.47. The zero-order chi connectivity index (χ0) is 21.8. The van der Waals surface area contributed by atoms with Crippen molar-refractivity contribution in [3.8, 4) is 5.75 Å². The Bertz CT molecular complexity index is 1030. The van der Waals surface area contributed by atoms with Crippen molar-refractivity contribution < 1.29 is 23.9 Å². The van der Waals surface area contributed by atoms with Crippen molar-refractivity contribution in [3.05, 3.63) is 65.7 Å². The van der Waals surface area contributed by atoms with Gasteiger partial charge in [-0.1, -0.05) is 48.5 Å². The summed E-state index contributed by atoms with van der Waals surface area (Å²) in [6.45, 7) is 0.434. The monoisotopic (exact) mass is 422 g/mol. The van der Waals surface area contributed by atoms with Crippen molar-refractivity contribution in [2.75, 3.05) is 13.2 Å². The van der Waals surface area contributed by atoms with Gasteiger partial charge in [-0.15, -0.1) is 0 Å². The Morgan fingerprint density at radius 1 is 1.06 bits per heavy atom. The number of nitrogens with one attached hydrogen (secondary N) is 3. The van der Waals surface area contributed by atoms with Crippen molar-refractivity contribution in [1.82, 2.24) is 20.9 Å². The fourth-order valence-electron chi connectivity index (χ4n) is 3.80. The van der Waals surface area contributed by atoms with Gasteiger partial charge >= 0.3 is 12.1 Å². The summed E-state index contributed by atoms with van der Waals surface area (Å²) in [7, 11) is 0. The van der Waals surface area contributed by atoms with Gasteiger partial charge in [-0.05, 0) is 11.6 Å². The molecule has 3 N–H and O–H groups in total. The summed E-state index contributed by atoms with van der Waals surface area (Å²) in [4.78, 5) is 50.7. The SMILES string of the molecule is O=C(CCN1C(=O)N[C@]2(CCOc3ccccc32)C1=O)NC(=O)NCc1ccccc1. The first kappa shape index (κ1) is 20.4. The van der Waals surface area contributed by atoms with Crippen molar-refractivity contribution >= 4 is 23.9 Å². The van der Waals surface area contributed by atoms with Gasteiger partial charge in [-0.2, -0.15) is 0 Å². The summed E-state index contributed by atoms with van der Waals surface area (Å²) in [5.74, 6) is -0.453. The van der Waals surface area contributed by atoms with E-state index in [1.54, 1.807) is 24.3 Å². The Labute approximate surface area is 178 Å². The second kappa shape index (κ2) is 8.47. The predicted octanol–water partition coefficient (Wildman–Crippen LogP) is 1.63. The van der Waals surface area contributed by atoms with Crippen LogP contribution in [0.5, 0.6) is 5.75 Å². The molecule has 2 heterocycles. The number of hydrogen-bond donors (Lipinski definition) is 3. The highest BCUT2D eigenvalue weighted by Gasteiger charge is 2.54. The molecule has 0 unspecified atom stereocenters. The minimum Gasteiger partial charge on any atom is -0.493 e. The quantitative estimate of drug-likeness (QED) is 0.634. The topological polar surface area (TPSA) is 117 Å². The van der Waals surface area contributed by atoms with Crippen LogP contribution < -0.4 is 20.7 Å². The van der Waals surface area contributed by atoms with E-state index in [-0.39, 0.29) is 19.5 Å². The average Bonchev–Trinajstić information content (AvgIpc) is 3.01. The molecule has 2 aliphatic rings. The average molecular weight is 422 g/mol. The van der Waals surface area contributed by atoms with Crippen molar-refractivity contribution in [1.29, 1.82) is 0 Å². The molecule has 0 aromatic heterocycles. The summed E-state index contributed by atoms with van der Waals surface area (Å²) >= 11 is 0. The number of fused-ring (bicyclic) bond motifs is 2. The van der Waals surface area contributed by atoms with Crippen LogP contribution in [0.4, 0.5) is 9.59 Å². The Morgan fingerprint density at radius 3 is 2.61 bits per heavy atom. The summed E-state index contributed by atoms with van der Waals surface area (Å²) in [6.07, 6.45) is 0.116. The van der Waals surface area contributed by atoms with E-state index in [1.807, 2.05) is 30.3 Å². The fraction of sp³-hybridized carbons (Fsp3) is 0.273. The van der Waals surface area contributed by atoms with E-state index in [0.717, 1.165) is 10.5 Å². The maximum atomic E-state index is 13.1. The number of nitrogens with zero attached hydrogens (tertiary/aromatic N) is 1. The molecule has 2 aromatic carbocycles. The van der Waals surface area contributed by atoms with Gasteiger partial charge in [0, 0.05) is 31.5 Å². The third kappa shape index (κ3) is 4.07. The van der Waals surface area contributed by atoms with E-state index in [1.165, 1.54) is 0 Å². The highest BCUT2D eigenvalue weighted by molar-refractivity contribution is 6.08. The third-order valence-electron chi connectivity index (χ3n) is 5.37. The first-order valence-electron chi connectivity index (χ1n) is 9.97. The van der Waals surface area contributed by atoms with Gasteiger partial charge in [-0.25, -0.2) is 9.59 Å². The van der Waals surface area contributed by atoms with E-state index in [9.17, 15) is 19.2 Å². The molecular weight excluding hydrogens is 400 g/mol. The van der Waals surface area contributed by atoms with Crippen LogP contribution in [0.25, 0.3) is 0 Å². The lowest BCUT2D eigenvalue weighted by Gasteiger charge is -2.33. The molecule has 2 aromatic rings. The number of ether oxygens (including phenoxy) is 1. The minimum atomic E-state index is -1.19. The second-order valence-electron chi connectivity index (χ2n) is 7.35. The number of para-hydroxylation sites is 1. The molecule has 9 nitrogen and oxygen atoms in total. The molecule has 1 atom stereocenters. The van der Waals surface area contributed by atoms with E-state index < -0.39 is 29.4 Å². The number of benzene rings is 2. The highest BCUT2D eigenvalue weighted by atomic mass is 16.5. The Balaban J connectivity index is 1.33. The second-order valence-corrected chi connectivity index (χ2v) is 7.35. The number of carbonyl (C=O) groups excluding carboxylic acids is 4. The van der Waals surface area contributed by atoms with Gasteiger partial charge in [0.05, 0.1) is 6.61 Å². The molecule has 0 radical (unpaired) electrons. The first-order chi connectivity index (χ1) is 15.0. The normalized spacial score (nSPS) is 19.4. The molecule has 4 rings (SSSR count). The van der Waals surface area contributed by atoms with Crippen LogP contribution in [0.1, 0.15) is 24.0 Å². The molecule has 1 spiro atoms. The van der Waals surface area contributed by atoms with Crippen molar-refractivity contribution in [2.45, 2.75) is 24.9 Å². The fourth-order valence-corrected chi connectivity index (χ4v) is 3.80. The van der Waals surface area contributed by atoms with Gasteiger partial charge < -0.3 is 15.4 Å². The standard InChI is InChI=1S/C22H22N4O5/c27-18(24-20(29)23-14-15-6-2-1-3-7-15)10-12-26-19(28)22(25-21(26)30)11-13-31-17-9-5-4-8-16(17)22/h1-9H,10-14H2,(H,25,30)(H2,23,24,27,29)/t22-/m0/s1. The lowest BCUT2D eigenvalue weighted by atomic mass is 9.84. The maximum absolute atomic E-state index is 13.1. The Kier molecular flexibility index (Phi) is 5.57. The van der Waals surface area contributed by atoms with E-state index >= 15 is 0 Å². The molecule has 9 heteroatoms. The molecule has 160 valence electrons. The van der Waals surface area contributed by atoms with Gasteiger partial charge in [0.2, 0.25) is 5.91 Å². The van der Waals surface area contributed by atoms with Gasteiger partial charge in [0.25, 0.3) is 5.91 Å². The van der Waals surface area contributed by atoms with Crippen LogP contribution in [-0.4, -0.2) is 41.9 Å². The summed E-state index contributed by atoms with van der Waals surface area (Å²) in [5, 5.41) is 7.57.